The maximum Gasteiger partial charge on any atom is 0.128 e. The zero-order chi connectivity index (χ0) is 11.4. The Labute approximate surface area is 97.7 Å². The summed E-state index contributed by atoms with van der Waals surface area (Å²) in [5, 5.41) is 0. The fourth-order valence-electron chi connectivity index (χ4n) is 2.16. The molecule has 1 aromatic rings. The van der Waals surface area contributed by atoms with Crippen molar-refractivity contribution < 1.29 is 0 Å². The average molecular weight is 219 g/mol. The number of hydrogen-bond donors (Lipinski definition) is 1. The van der Waals surface area contributed by atoms with Gasteiger partial charge in [0.05, 0.1) is 0 Å². The summed E-state index contributed by atoms with van der Waals surface area (Å²) in [7, 11) is 0. The normalized spacial score (nSPS) is 17.8. The van der Waals surface area contributed by atoms with Crippen LogP contribution in [0, 0.1) is 5.92 Å². The number of nitrogens with zero attached hydrogens (tertiary/aromatic N) is 2. The molecule has 1 aliphatic rings. The van der Waals surface area contributed by atoms with Gasteiger partial charge in [-0.25, -0.2) is 4.98 Å². The first-order valence-electron chi connectivity index (χ1n) is 6.19. The molecule has 0 aliphatic carbocycles. The van der Waals surface area contributed by atoms with Crippen LogP contribution in [-0.2, 0) is 6.42 Å². The molecule has 1 aromatic heterocycles. The van der Waals surface area contributed by atoms with Crippen molar-refractivity contribution in [1.82, 2.24) is 4.98 Å². The van der Waals surface area contributed by atoms with Crippen LogP contribution in [0.15, 0.2) is 18.3 Å². The van der Waals surface area contributed by atoms with Crippen molar-refractivity contribution in [2.45, 2.75) is 26.2 Å². The monoisotopic (exact) mass is 219 g/mol. The molecule has 2 N–H and O–H groups in total. The number of aromatic nitrogens is 1. The first kappa shape index (κ1) is 11.4. The molecule has 1 aliphatic heterocycles. The molecule has 16 heavy (non-hydrogen) atoms. The number of nitrogens with two attached hydrogens (primary N) is 1. The lowest BCUT2D eigenvalue weighted by Crippen LogP contribution is -2.19. The SMILES string of the molecule is CC(CN)Cc1ccc(N2CCCC2)nc1. The number of anilines is 1. The van der Waals surface area contributed by atoms with Crippen molar-refractivity contribution >= 4 is 5.82 Å². The molecule has 1 fully saturated rings. The second kappa shape index (κ2) is 5.30. The van der Waals surface area contributed by atoms with E-state index in [0.29, 0.717) is 5.92 Å². The van der Waals surface area contributed by atoms with Crippen LogP contribution in [0.1, 0.15) is 25.3 Å². The standard InChI is InChI=1S/C13H21N3/c1-11(9-14)8-12-4-5-13(15-10-12)16-6-2-3-7-16/h4-5,10-11H,2-3,6-9,14H2,1H3. The summed E-state index contributed by atoms with van der Waals surface area (Å²) < 4.78 is 0. The molecule has 1 atom stereocenters. The van der Waals surface area contributed by atoms with E-state index < -0.39 is 0 Å². The van der Waals surface area contributed by atoms with Crippen LogP contribution in [0.4, 0.5) is 5.82 Å². The molecule has 0 radical (unpaired) electrons. The lowest BCUT2D eigenvalue weighted by atomic mass is 10.0. The molecule has 88 valence electrons. The summed E-state index contributed by atoms with van der Waals surface area (Å²) >= 11 is 0. The van der Waals surface area contributed by atoms with E-state index in [4.69, 9.17) is 5.73 Å². The van der Waals surface area contributed by atoms with Crippen LogP contribution in [-0.4, -0.2) is 24.6 Å². The highest BCUT2D eigenvalue weighted by Gasteiger charge is 2.13. The maximum atomic E-state index is 5.62. The molecule has 0 bridgehead atoms. The summed E-state index contributed by atoms with van der Waals surface area (Å²) in [6.45, 7) is 5.24. The van der Waals surface area contributed by atoms with Gasteiger partial charge in [0, 0.05) is 19.3 Å². The van der Waals surface area contributed by atoms with Crippen LogP contribution in [0.2, 0.25) is 0 Å². The van der Waals surface area contributed by atoms with Crippen molar-refractivity contribution in [1.29, 1.82) is 0 Å². The van der Waals surface area contributed by atoms with Crippen molar-refractivity contribution in [3.63, 3.8) is 0 Å². The Balaban J connectivity index is 1.98. The van der Waals surface area contributed by atoms with Crippen LogP contribution in [0.25, 0.3) is 0 Å². The van der Waals surface area contributed by atoms with Gasteiger partial charge in [0.15, 0.2) is 0 Å². The average Bonchev–Trinajstić information content (AvgIpc) is 2.83. The smallest absolute Gasteiger partial charge is 0.128 e. The van der Waals surface area contributed by atoms with Gasteiger partial charge in [0.2, 0.25) is 0 Å². The molecule has 1 saturated heterocycles. The third-order valence-corrected chi connectivity index (χ3v) is 3.23. The summed E-state index contributed by atoms with van der Waals surface area (Å²) in [6, 6.07) is 4.33. The van der Waals surface area contributed by atoms with E-state index in [9.17, 15) is 0 Å². The minimum Gasteiger partial charge on any atom is -0.357 e. The minimum absolute atomic E-state index is 0.541. The molecule has 3 heteroatoms. The van der Waals surface area contributed by atoms with Crippen LogP contribution < -0.4 is 10.6 Å². The minimum atomic E-state index is 0.541. The second-order valence-electron chi connectivity index (χ2n) is 4.76. The van der Waals surface area contributed by atoms with Crippen molar-refractivity contribution in [2.75, 3.05) is 24.5 Å². The molecule has 0 amide bonds. The first-order valence-corrected chi connectivity index (χ1v) is 6.19. The zero-order valence-corrected chi connectivity index (χ0v) is 10.0. The number of hydrogen-bond acceptors (Lipinski definition) is 3. The third kappa shape index (κ3) is 2.73. The van der Waals surface area contributed by atoms with E-state index >= 15 is 0 Å². The summed E-state index contributed by atoms with van der Waals surface area (Å²) in [5.41, 5.74) is 6.91. The van der Waals surface area contributed by atoms with E-state index in [0.717, 1.165) is 31.9 Å². The van der Waals surface area contributed by atoms with Gasteiger partial charge in [-0.1, -0.05) is 13.0 Å². The van der Waals surface area contributed by atoms with Gasteiger partial charge in [-0.15, -0.1) is 0 Å². The molecule has 2 heterocycles. The van der Waals surface area contributed by atoms with Gasteiger partial charge >= 0.3 is 0 Å². The predicted molar refractivity (Wildman–Crippen MR) is 67.6 cm³/mol. The van der Waals surface area contributed by atoms with Crippen molar-refractivity contribution in [2.24, 2.45) is 11.7 Å². The van der Waals surface area contributed by atoms with E-state index in [-0.39, 0.29) is 0 Å². The van der Waals surface area contributed by atoms with Gasteiger partial charge in [0.1, 0.15) is 5.82 Å². The van der Waals surface area contributed by atoms with Gasteiger partial charge in [-0.05, 0) is 43.4 Å². The fourth-order valence-corrected chi connectivity index (χ4v) is 2.16. The zero-order valence-electron chi connectivity index (χ0n) is 10.0. The van der Waals surface area contributed by atoms with Gasteiger partial charge in [-0.2, -0.15) is 0 Å². The molecule has 0 saturated carbocycles. The van der Waals surface area contributed by atoms with Crippen molar-refractivity contribution in [3.8, 4) is 0 Å². The Hall–Kier alpha value is -1.09. The van der Waals surface area contributed by atoms with Crippen LogP contribution in [0.5, 0.6) is 0 Å². The lowest BCUT2D eigenvalue weighted by Gasteiger charge is -2.16. The van der Waals surface area contributed by atoms with E-state index in [1.807, 2.05) is 6.20 Å². The molecule has 1 unspecified atom stereocenters. The quantitative estimate of drug-likeness (QED) is 0.840. The first-order chi connectivity index (χ1) is 7.79. The van der Waals surface area contributed by atoms with E-state index in [2.05, 4.69) is 28.9 Å². The molecule has 2 rings (SSSR count). The molecule has 0 aromatic carbocycles. The number of rotatable bonds is 4. The maximum absolute atomic E-state index is 5.62. The van der Waals surface area contributed by atoms with E-state index in [1.54, 1.807) is 0 Å². The molecular formula is C13H21N3. The fraction of sp³-hybridized carbons (Fsp3) is 0.615. The lowest BCUT2D eigenvalue weighted by molar-refractivity contribution is 0.592. The van der Waals surface area contributed by atoms with Crippen LogP contribution in [0.3, 0.4) is 0 Å². The Morgan fingerprint density at radius 1 is 1.38 bits per heavy atom. The van der Waals surface area contributed by atoms with E-state index in [1.165, 1.54) is 18.4 Å². The third-order valence-electron chi connectivity index (χ3n) is 3.23. The Bertz CT molecular complexity index is 314. The molecular weight excluding hydrogens is 198 g/mol. The second-order valence-corrected chi connectivity index (χ2v) is 4.76. The Morgan fingerprint density at radius 3 is 2.69 bits per heavy atom. The summed E-state index contributed by atoms with van der Waals surface area (Å²) in [4.78, 5) is 6.89. The topological polar surface area (TPSA) is 42.1 Å². The molecule has 0 spiro atoms. The Morgan fingerprint density at radius 2 is 2.12 bits per heavy atom. The highest BCUT2D eigenvalue weighted by atomic mass is 15.2. The van der Waals surface area contributed by atoms with Gasteiger partial charge in [-0.3, -0.25) is 0 Å². The highest BCUT2D eigenvalue weighted by Crippen LogP contribution is 2.18. The van der Waals surface area contributed by atoms with Crippen LogP contribution >= 0.6 is 0 Å². The highest BCUT2D eigenvalue weighted by molar-refractivity contribution is 5.40. The Kier molecular flexibility index (Phi) is 3.78. The number of pyridine rings is 1. The predicted octanol–water partition coefficient (Wildman–Crippen LogP) is 1.82. The van der Waals surface area contributed by atoms with Gasteiger partial charge < -0.3 is 10.6 Å². The van der Waals surface area contributed by atoms with Gasteiger partial charge in [0.25, 0.3) is 0 Å². The summed E-state index contributed by atoms with van der Waals surface area (Å²) in [5.74, 6) is 1.67. The van der Waals surface area contributed by atoms with Crippen molar-refractivity contribution in [3.05, 3.63) is 23.9 Å². The largest absolute Gasteiger partial charge is 0.357 e. The summed E-state index contributed by atoms with van der Waals surface area (Å²) in [6.07, 6.45) is 5.63. The molecule has 3 nitrogen and oxygen atoms in total.